The lowest BCUT2D eigenvalue weighted by molar-refractivity contribution is 0.100. The number of fused-ring (bicyclic) bond motifs is 2. The Morgan fingerprint density at radius 1 is 1.14 bits per heavy atom. The van der Waals surface area contributed by atoms with Crippen LogP contribution in [-0.2, 0) is 13.0 Å². The number of benzene rings is 2. The Morgan fingerprint density at radius 3 is 2.83 bits per heavy atom. The van der Waals surface area contributed by atoms with Gasteiger partial charge in [-0.1, -0.05) is 41.6 Å². The molecule has 2 aromatic carbocycles. The van der Waals surface area contributed by atoms with Gasteiger partial charge in [0.05, 0.1) is 10.9 Å². The second-order valence-corrected chi connectivity index (χ2v) is 6.82. The molecule has 144 valence electrons. The van der Waals surface area contributed by atoms with E-state index in [1.54, 1.807) is 12.1 Å². The van der Waals surface area contributed by atoms with Crippen LogP contribution in [0.25, 0.3) is 22.5 Å². The lowest BCUT2D eigenvalue weighted by atomic mass is 10.1. The van der Waals surface area contributed by atoms with E-state index in [0.717, 1.165) is 35.7 Å². The number of hydrogen-bond donors (Lipinski definition) is 3. The molecular formula is C21H18N6O2. The van der Waals surface area contributed by atoms with Crippen molar-refractivity contribution in [3.63, 3.8) is 0 Å². The minimum absolute atomic E-state index is 0.281. The van der Waals surface area contributed by atoms with E-state index in [2.05, 4.69) is 32.9 Å². The second kappa shape index (κ2) is 6.90. The van der Waals surface area contributed by atoms with Gasteiger partial charge in [-0.15, -0.1) is 0 Å². The van der Waals surface area contributed by atoms with Crippen LogP contribution in [0.4, 0.5) is 11.6 Å². The third-order valence-corrected chi connectivity index (χ3v) is 4.95. The van der Waals surface area contributed by atoms with Crippen molar-refractivity contribution in [1.82, 2.24) is 15.1 Å². The first-order chi connectivity index (χ1) is 14.2. The van der Waals surface area contributed by atoms with Gasteiger partial charge in [0.1, 0.15) is 11.6 Å². The number of nitrogens with one attached hydrogen (secondary N) is 2. The van der Waals surface area contributed by atoms with Gasteiger partial charge in [-0.3, -0.25) is 4.79 Å². The number of amides is 1. The zero-order valence-corrected chi connectivity index (χ0v) is 15.5. The molecule has 1 aliphatic heterocycles. The number of primary amides is 1. The molecule has 1 aliphatic rings. The van der Waals surface area contributed by atoms with Gasteiger partial charge in [0.2, 0.25) is 0 Å². The van der Waals surface area contributed by atoms with Crippen LogP contribution in [-0.4, -0.2) is 27.6 Å². The zero-order valence-electron chi connectivity index (χ0n) is 15.5. The minimum Gasteiger partial charge on any atom is -0.369 e. The lowest BCUT2D eigenvalue weighted by Gasteiger charge is -2.11. The molecule has 0 spiro atoms. The summed E-state index contributed by atoms with van der Waals surface area (Å²) in [7, 11) is 0. The Kier molecular flexibility index (Phi) is 4.09. The van der Waals surface area contributed by atoms with E-state index < -0.39 is 5.91 Å². The predicted octanol–water partition coefficient (Wildman–Crippen LogP) is 2.96. The molecule has 0 aliphatic carbocycles. The van der Waals surface area contributed by atoms with E-state index in [1.807, 2.05) is 24.3 Å². The summed E-state index contributed by atoms with van der Waals surface area (Å²) in [6.45, 7) is 1.45. The summed E-state index contributed by atoms with van der Waals surface area (Å²) in [6, 6.07) is 15.3. The number of aromatic nitrogens is 3. The average molecular weight is 386 g/mol. The fourth-order valence-electron chi connectivity index (χ4n) is 3.52. The molecule has 2 aromatic heterocycles. The molecule has 1 amide bonds. The van der Waals surface area contributed by atoms with Crippen molar-refractivity contribution in [2.75, 3.05) is 17.2 Å². The Bertz CT molecular complexity index is 1220. The number of nitrogens with zero attached hydrogens (tertiary/aromatic N) is 3. The topological polar surface area (TPSA) is 119 Å². The van der Waals surface area contributed by atoms with Crippen molar-refractivity contribution in [3.05, 3.63) is 65.2 Å². The third-order valence-electron chi connectivity index (χ3n) is 4.95. The minimum atomic E-state index is -0.569. The highest BCUT2D eigenvalue weighted by Crippen LogP contribution is 2.33. The van der Waals surface area contributed by atoms with Gasteiger partial charge in [-0.05, 0) is 24.1 Å². The zero-order chi connectivity index (χ0) is 19.8. The largest absolute Gasteiger partial charge is 0.369 e. The molecule has 0 bridgehead atoms. The highest BCUT2D eigenvalue weighted by Gasteiger charge is 2.23. The fourth-order valence-corrected chi connectivity index (χ4v) is 3.52. The number of hydrogen-bond acceptors (Lipinski definition) is 7. The van der Waals surface area contributed by atoms with Gasteiger partial charge in [0.15, 0.2) is 17.1 Å². The molecular weight excluding hydrogens is 368 g/mol. The highest BCUT2D eigenvalue weighted by atomic mass is 16.5. The van der Waals surface area contributed by atoms with Gasteiger partial charge in [0.25, 0.3) is 5.91 Å². The third kappa shape index (κ3) is 3.04. The van der Waals surface area contributed by atoms with Gasteiger partial charge in [-0.25, -0.2) is 9.97 Å². The molecule has 4 N–H and O–H groups in total. The molecule has 3 heterocycles. The van der Waals surface area contributed by atoms with Crippen LogP contribution in [0.15, 0.2) is 53.1 Å². The Morgan fingerprint density at radius 2 is 2.00 bits per heavy atom. The van der Waals surface area contributed by atoms with Crippen molar-refractivity contribution < 1.29 is 9.32 Å². The van der Waals surface area contributed by atoms with E-state index >= 15 is 0 Å². The summed E-state index contributed by atoms with van der Waals surface area (Å²) in [5.74, 6) is 1.41. The first kappa shape index (κ1) is 17.2. The maximum absolute atomic E-state index is 11.7. The monoisotopic (exact) mass is 386 g/mol. The van der Waals surface area contributed by atoms with Crippen LogP contribution in [0, 0.1) is 0 Å². The molecule has 4 aromatic rings. The van der Waals surface area contributed by atoms with Crippen molar-refractivity contribution in [2.45, 2.75) is 13.0 Å². The molecule has 0 unspecified atom stereocenters. The summed E-state index contributed by atoms with van der Waals surface area (Å²) in [4.78, 5) is 21.0. The number of carbonyl (C=O) groups is 1. The molecule has 8 nitrogen and oxygen atoms in total. The molecule has 0 saturated heterocycles. The predicted molar refractivity (Wildman–Crippen MR) is 110 cm³/mol. The first-order valence-corrected chi connectivity index (χ1v) is 9.32. The lowest BCUT2D eigenvalue weighted by Crippen LogP contribution is -2.10. The van der Waals surface area contributed by atoms with Crippen molar-refractivity contribution in [3.8, 4) is 11.5 Å². The summed E-state index contributed by atoms with van der Waals surface area (Å²) in [5, 5.41) is 11.5. The van der Waals surface area contributed by atoms with Gasteiger partial charge < -0.3 is 20.9 Å². The number of carbonyl (C=O) groups excluding carboxylic acids is 1. The van der Waals surface area contributed by atoms with Gasteiger partial charge in [0, 0.05) is 18.7 Å². The van der Waals surface area contributed by atoms with Crippen LogP contribution in [0.2, 0.25) is 0 Å². The fraction of sp³-hybridized carbons (Fsp3) is 0.143. The number of anilines is 2. The normalized spacial score (nSPS) is 12.6. The summed E-state index contributed by atoms with van der Waals surface area (Å²) < 4.78 is 5.41. The van der Waals surface area contributed by atoms with Crippen LogP contribution in [0.1, 0.15) is 21.5 Å². The molecule has 0 atom stereocenters. The van der Waals surface area contributed by atoms with E-state index in [9.17, 15) is 4.79 Å². The molecule has 0 radical (unpaired) electrons. The number of para-hydroxylation sites is 1. The SMILES string of the molecule is NC(=O)c1cccc2c(-c3nc4c(c(NCc5ccccc5)n3)CCN4)noc12. The van der Waals surface area contributed by atoms with Crippen LogP contribution < -0.4 is 16.4 Å². The number of rotatable bonds is 5. The average Bonchev–Trinajstić information content (AvgIpc) is 3.39. The van der Waals surface area contributed by atoms with Gasteiger partial charge >= 0.3 is 0 Å². The molecule has 0 saturated carbocycles. The highest BCUT2D eigenvalue weighted by molar-refractivity contribution is 6.06. The summed E-state index contributed by atoms with van der Waals surface area (Å²) in [5.41, 5.74) is 8.75. The smallest absolute Gasteiger partial charge is 0.252 e. The summed E-state index contributed by atoms with van der Waals surface area (Å²) in [6.07, 6.45) is 0.845. The standard InChI is InChI=1S/C21H18N6O2/c22-18(28)14-8-4-7-13-16(27-29-17(13)14)21-25-19-15(9-10-23-19)20(26-21)24-11-12-5-2-1-3-6-12/h1-8H,9-11H2,(H2,22,28)(H2,23,24,25,26). The molecule has 0 fully saturated rings. The molecule has 5 rings (SSSR count). The van der Waals surface area contributed by atoms with Gasteiger partial charge in [-0.2, -0.15) is 0 Å². The van der Waals surface area contributed by atoms with Crippen molar-refractivity contribution >= 4 is 28.5 Å². The van der Waals surface area contributed by atoms with Crippen molar-refractivity contribution in [1.29, 1.82) is 0 Å². The van der Waals surface area contributed by atoms with E-state index in [4.69, 9.17) is 15.2 Å². The Labute approximate surface area is 166 Å². The van der Waals surface area contributed by atoms with Crippen LogP contribution in [0.3, 0.4) is 0 Å². The number of nitrogens with two attached hydrogens (primary N) is 1. The molecule has 29 heavy (non-hydrogen) atoms. The Hall–Kier alpha value is -3.94. The Balaban J connectivity index is 1.57. The van der Waals surface area contributed by atoms with E-state index in [0.29, 0.717) is 29.0 Å². The maximum Gasteiger partial charge on any atom is 0.252 e. The maximum atomic E-state index is 11.7. The van der Waals surface area contributed by atoms with Crippen LogP contribution >= 0.6 is 0 Å². The van der Waals surface area contributed by atoms with E-state index in [1.165, 1.54) is 0 Å². The first-order valence-electron chi connectivity index (χ1n) is 9.32. The summed E-state index contributed by atoms with van der Waals surface area (Å²) >= 11 is 0. The second-order valence-electron chi connectivity index (χ2n) is 6.82. The quantitative estimate of drug-likeness (QED) is 0.482. The molecule has 8 heteroatoms. The van der Waals surface area contributed by atoms with Crippen molar-refractivity contribution in [2.24, 2.45) is 5.73 Å². The van der Waals surface area contributed by atoms with Crippen LogP contribution in [0.5, 0.6) is 0 Å². The van der Waals surface area contributed by atoms with E-state index in [-0.39, 0.29) is 5.56 Å².